The maximum absolute atomic E-state index is 4.69. The van der Waals surface area contributed by atoms with Crippen LogP contribution in [0.4, 0.5) is 0 Å². The molecule has 0 atom stereocenters. The number of aromatic nitrogens is 3. The van der Waals surface area contributed by atoms with Crippen molar-refractivity contribution in [2.75, 3.05) is 6.54 Å². The molecule has 0 fully saturated rings. The molecule has 19 heavy (non-hydrogen) atoms. The average Bonchev–Trinajstić information content (AvgIpc) is 2.56. The molecule has 0 saturated heterocycles. The van der Waals surface area contributed by atoms with E-state index in [0.29, 0.717) is 0 Å². The van der Waals surface area contributed by atoms with Crippen LogP contribution in [0.2, 0.25) is 0 Å². The van der Waals surface area contributed by atoms with Crippen LogP contribution in [0.1, 0.15) is 17.7 Å². The molecule has 0 saturated carbocycles. The summed E-state index contributed by atoms with van der Waals surface area (Å²) in [5.41, 5.74) is 4.52. The summed E-state index contributed by atoms with van der Waals surface area (Å²) in [5, 5.41) is 8.12. The fourth-order valence-corrected chi connectivity index (χ4v) is 2.30. The third kappa shape index (κ3) is 3.08. The lowest BCUT2D eigenvalue weighted by Gasteiger charge is -2.01. The van der Waals surface area contributed by atoms with Crippen molar-refractivity contribution in [3.8, 4) is 11.4 Å². The van der Waals surface area contributed by atoms with E-state index >= 15 is 0 Å². The van der Waals surface area contributed by atoms with Crippen LogP contribution in [0.25, 0.3) is 11.4 Å². The Morgan fingerprint density at radius 1 is 1.26 bits per heavy atom. The van der Waals surface area contributed by atoms with Gasteiger partial charge in [-0.15, -0.1) is 24.8 Å². The Kier molecular flexibility index (Phi) is 5.79. The highest BCUT2D eigenvalue weighted by molar-refractivity contribution is 5.85. The van der Waals surface area contributed by atoms with Gasteiger partial charge < -0.3 is 5.32 Å². The van der Waals surface area contributed by atoms with E-state index in [1.165, 1.54) is 11.3 Å². The summed E-state index contributed by atoms with van der Waals surface area (Å²) in [4.78, 5) is 4.38. The number of rotatable bonds is 1. The molecule has 0 aliphatic carbocycles. The van der Waals surface area contributed by atoms with E-state index in [1.54, 1.807) is 0 Å². The quantitative estimate of drug-likeness (QED) is 0.880. The van der Waals surface area contributed by atoms with Gasteiger partial charge in [0, 0.05) is 24.8 Å². The average molecular weight is 301 g/mol. The molecule has 0 aromatic carbocycles. The van der Waals surface area contributed by atoms with Crippen molar-refractivity contribution in [3.63, 3.8) is 0 Å². The number of fused-ring (bicyclic) bond motifs is 1. The van der Waals surface area contributed by atoms with Crippen molar-refractivity contribution in [1.29, 1.82) is 0 Å². The highest BCUT2D eigenvalue weighted by atomic mass is 35.5. The summed E-state index contributed by atoms with van der Waals surface area (Å²) >= 11 is 0. The van der Waals surface area contributed by atoms with Gasteiger partial charge in [0.15, 0.2) is 0 Å². The van der Waals surface area contributed by atoms with E-state index in [0.717, 1.165) is 37.4 Å². The normalized spacial score (nSPS) is 13.7. The van der Waals surface area contributed by atoms with E-state index < -0.39 is 0 Å². The molecule has 0 amide bonds. The van der Waals surface area contributed by atoms with Crippen molar-refractivity contribution < 1.29 is 0 Å². The van der Waals surface area contributed by atoms with Gasteiger partial charge in [0.1, 0.15) is 5.69 Å². The topological polar surface area (TPSA) is 42.7 Å². The van der Waals surface area contributed by atoms with Crippen molar-refractivity contribution >= 4 is 24.8 Å². The first-order chi connectivity index (χ1) is 8.36. The van der Waals surface area contributed by atoms with Crippen LogP contribution in [0, 0.1) is 6.92 Å². The van der Waals surface area contributed by atoms with Gasteiger partial charge in [0.2, 0.25) is 0 Å². The summed E-state index contributed by atoms with van der Waals surface area (Å²) in [7, 11) is 0. The number of hydrogen-bond donors (Lipinski definition) is 1. The molecule has 104 valence electrons. The van der Waals surface area contributed by atoms with Crippen LogP contribution in [-0.4, -0.2) is 21.3 Å². The molecule has 1 aliphatic rings. The lowest BCUT2D eigenvalue weighted by Crippen LogP contribution is -2.12. The van der Waals surface area contributed by atoms with Gasteiger partial charge in [-0.3, -0.25) is 9.67 Å². The van der Waals surface area contributed by atoms with Crippen LogP contribution in [0.15, 0.2) is 24.4 Å². The first-order valence-corrected chi connectivity index (χ1v) is 6.04. The smallest absolute Gasteiger partial charge is 0.114 e. The maximum Gasteiger partial charge on any atom is 0.114 e. The van der Waals surface area contributed by atoms with E-state index in [9.17, 15) is 0 Å². The van der Waals surface area contributed by atoms with E-state index in [1.807, 2.05) is 24.4 Å². The second-order valence-corrected chi connectivity index (χ2v) is 4.39. The molecule has 1 N–H and O–H groups in total. The first-order valence-electron chi connectivity index (χ1n) is 6.04. The van der Waals surface area contributed by atoms with Crippen molar-refractivity contribution in [2.45, 2.75) is 26.4 Å². The predicted molar refractivity (Wildman–Crippen MR) is 81.0 cm³/mol. The van der Waals surface area contributed by atoms with Crippen LogP contribution in [0.5, 0.6) is 0 Å². The van der Waals surface area contributed by atoms with Gasteiger partial charge >= 0.3 is 0 Å². The van der Waals surface area contributed by atoms with Gasteiger partial charge in [-0.25, -0.2) is 0 Å². The Labute approximate surface area is 125 Å². The zero-order valence-corrected chi connectivity index (χ0v) is 12.4. The van der Waals surface area contributed by atoms with Gasteiger partial charge in [-0.05, 0) is 32.0 Å². The molecular formula is C13H18Cl2N4. The second-order valence-electron chi connectivity index (χ2n) is 4.39. The monoisotopic (exact) mass is 300 g/mol. The van der Waals surface area contributed by atoms with Crippen molar-refractivity contribution in [1.82, 2.24) is 20.1 Å². The molecule has 0 spiro atoms. The molecule has 3 heterocycles. The third-order valence-corrected chi connectivity index (χ3v) is 3.24. The van der Waals surface area contributed by atoms with Crippen molar-refractivity contribution in [3.05, 3.63) is 35.7 Å². The molecule has 6 heteroatoms. The first kappa shape index (κ1) is 16.0. The summed E-state index contributed by atoms with van der Waals surface area (Å²) < 4.78 is 2.12. The minimum absolute atomic E-state index is 0. The standard InChI is InChI=1S/C13H16N4.2ClH/c1-10-12-9-14-6-4-8-17(12)16-13(10)11-5-2-3-7-15-11;;/h2-3,5,7,14H,4,6,8-9H2,1H3;2*1H. The number of nitrogens with one attached hydrogen (secondary N) is 1. The molecule has 2 aromatic rings. The lowest BCUT2D eigenvalue weighted by molar-refractivity contribution is 0.588. The SMILES string of the molecule is Cc1c(-c2ccccn2)nn2c1CNCCC2.Cl.Cl. The summed E-state index contributed by atoms with van der Waals surface area (Å²) in [6.07, 6.45) is 2.95. The number of halogens is 2. The molecule has 0 unspecified atom stereocenters. The predicted octanol–water partition coefficient (Wildman–Crippen LogP) is 2.59. The zero-order chi connectivity index (χ0) is 11.7. The molecule has 2 aromatic heterocycles. The van der Waals surface area contributed by atoms with Crippen LogP contribution in [-0.2, 0) is 13.1 Å². The minimum Gasteiger partial charge on any atom is -0.311 e. The maximum atomic E-state index is 4.69. The second kappa shape index (κ2) is 6.89. The largest absolute Gasteiger partial charge is 0.311 e. The van der Waals surface area contributed by atoms with E-state index in [2.05, 4.69) is 21.9 Å². The molecule has 3 rings (SSSR count). The van der Waals surface area contributed by atoms with Crippen LogP contribution in [0.3, 0.4) is 0 Å². The van der Waals surface area contributed by atoms with Gasteiger partial charge in [-0.1, -0.05) is 6.07 Å². The number of pyridine rings is 1. The van der Waals surface area contributed by atoms with Gasteiger partial charge in [0.25, 0.3) is 0 Å². The Bertz CT molecular complexity index is 525. The minimum atomic E-state index is 0. The molecule has 4 nitrogen and oxygen atoms in total. The van der Waals surface area contributed by atoms with Crippen LogP contribution >= 0.6 is 24.8 Å². The summed E-state index contributed by atoms with van der Waals surface area (Å²) in [6.45, 7) is 5.11. The fourth-order valence-electron chi connectivity index (χ4n) is 2.30. The number of nitrogens with zero attached hydrogens (tertiary/aromatic N) is 3. The van der Waals surface area contributed by atoms with E-state index in [4.69, 9.17) is 5.10 Å². The number of aryl methyl sites for hydroxylation is 1. The molecule has 1 aliphatic heterocycles. The Morgan fingerprint density at radius 3 is 2.84 bits per heavy atom. The molecule has 0 radical (unpaired) electrons. The summed E-state index contributed by atoms with van der Waals surface area (Å²) in [6, 6.07) is 5.95. The van der Waals surface area contributed by atoms with Crippen molar-refractivity contribution in [2.24, 2.45) is 0 Å². The highest BCUT2D eigenvalue weighted by Gasteiger charge is 2.17. The Morgan fingerprint density at radius 2 is 2.11 bits per heavy atom. The highest BCUT2D eigenvalue weighted by Crippen LogP contribution is 2.23. The summed E-state index contributed by atoms with van der Waals surface area (Å²) in [5.74, 6) is 0. The number of hydrogen-bond acceptors (Lipinski definition) is 3. The zero-order valence-electron chi connectivity index (χ0n) is 10.8. The Balaban J connectivity index is 0.000000902. The third-order valence-electron chi connectivity index (χ3n) is 3.24. The van der Waals surface area contributed by atoms with E-state index in [-0.39, 0.29) is 24.8 Å². The Hall–Kier alpha value is -1.10. The lowest BCUT2D eigenvalue weighted by atomic mass is 10.1. The van der Waals surface area contributed by atoms with Gasteiger partial charge in [-0.2, -0.15) is 5.10 Å². The van der Waals surface area contributed by atoms with Crippen LogP contribution < -0.4 is 5.32 Å². The molecular weight excluding hydrogens is 283 g/mol. The molecule has 0 bridgehead atoms. The van der Waals surface area contributed by atoms with Gasteiger partial charge in [0.05, 0.1) is 11.4 Å². The fraction of sp³-hybridized carbons (Fsp3) is 0.385.